The summed E-state index contributed by atoms with van der Waals surface area (Å²) < 4.78 is 11.0. The molecule has 2 aliphatic rings. The van der Waals surface area contributed by atoms with Crippen LogP contribution in [0.5, 0.6) is 11.5 Å². The van der Waals surface area contributed by atoms with Crippen molar-refractivity contribution in [2.45, 2.75) is 38.4 Å². The van der Waals surface area contributed by atoms with Crippen molar-refractivity contribution >= 4 is 0 Å². The summed E-state index contributed by atoms with van der Waals surface area (Å²) in [5.41, 5.74) is 1.22. The zero-order valence-electron chi connectivity index (χ0n) is 13.3. The highest BCUT2D eigenvalue weighted by atomic mass is 16.5. The lowest BCUT2D eigenvalue weighted by Crippen LogP contribution is -2.54. The molecule has 2 heterocycles. The van der Waals surface area contributed by atoms with E-state index in [1.165, 1.54) is 38.0 Å². The van der Waals surface area contributed by atoms with Crippen molar-refractivity contribution in [3.05, 3.63) is 23.8 Å². The molecule has 2 aliphatic heterocycles. The number of fused-ring (bicyclic) bond motifs is 1. The van der Waals surface area contributed by atoms with Crippen LogP contribution in [0.25, 0.3) is 0 Å². The third-order valence-corrected chi connectivity index (χ3v) is 4.92. The zero-order chi connectivity index (χ0) is 14.8. The van der Waals surface area contributed by atoms with Gasteiger partial charge >= 0.3 is 0 Å². The molecule has 1 aromatic carbocycles. The lowest BCUT2D eigenvalue weighted by molar-refractivity contribution is 0.0534. The molecule has 1 aromatic rings. The van der Waals surface area contributed by atoms with Crippen LogP contribution in [0.3, 0.4) is 0 Å². The van der Waals surface area contributed by atoms with Gasteiger partial charge in [-0.15, -0.1) is 0 Å². The third kappa shape index (κ3) is 2.87. The summed E-state index contributed by atoms with van der Waals surface area (Å²) in [6, 6.07) is 7.50. The molecular formula is C17H26N2O2. The van der Waals surface area contributed by atoms with E-state index >= 15 is 0 Å². The number of piperazine rings is 1. The average Bonchev–Trinajstić information content (AvgIpc) is 2.94. The molecular weight excluding hydrogens is 264 g/mol. The van der Waals surface area contributed by atoms with Crippen molar-refractivity contribution in [2.75, 3.05) is 33.9 Å². The molecule has 3 rings (SSSR count). The van der Waals surface area contributed by atoms with Gasteiger partial charge in [-0.3, -0.25) is 9.80 Å². The van der Waals surface area contributed by atoms with E-state index in [1.807, 2.05) is 12.1 Å². The van der Waals surface area contributed by atoms with Crippen LogP contribution in [-0.4, -0.2) is 55.7 Å². The Morgan fingerprint density at radius 3 is 2.81 bits per heavy atom. The largest absolute Gasteiger partial charge is 0.493 e. The Hall–Kier alpha value is -1.26. The Balaban J connectivity index is 1.76. The first-order valence-corrected chi connectivity index (χ1v) is 7.91. The molecule has 1 unspecified atom stereocenters. The summed E-state index contributed by atoms with van der Waals surface area (Å²) in [5, 5.41) is 0. The van der Waals surface area contributed by atoms with E-state index in [9.17, 15) is 0 Å². The summed E-state index contributed by atoms with van der Waals surface area (Å²) in [4.78, 5) is 5.24. The number of para-hydroxylation sites is 1. The molecule has 0 radical (unpaired) electrons. The van der Waals surface area contributed by atoms with E-state index in [1.54, 1.807) is 14.2 Å². The van der Waals surface area contributed by atoms with Crippen LogP contribution in [0.1, 0.15) is 25.3 Å². The normalized spacial score (nSPS) is 26.6. The number of methoxy groups -OCH3 is 2. The predicted octanol–water partition coefficient (Wildman–Crippen LogP) is 2.37. The SMILES string of the molecule is COc1cccc(CN2CC3CCCN3C[C@@H]2C)c1OC. The zero-order valence-corrected chi connectivity index (χ0v) is 13.3. The minimum absolute atomic E-state index is 0.593. The molecule has 4 nitrogen and oxygen atoms in total. The van der Waals surface area contributed by atoms with Crippen LogP contribution in [0.2, 0.25) is 0 Å². The Labute approximate surface area is 127 Å². The van der Waals surface area contributed by atoms with Gasteiger partial charge in [0.2, 0.25) is 0 Å². The lowest BCUT2D eigenvalue weighted by atomic mass is 10.1. The molecule has 0 bridgehead atoms. The predicted molar refractivity (Wildman–Crippen MR) is 84.0 cm³/mol. The topological polar surface area (TPSA) is 24.9 Å². The number of hydrogen-bond acceptors (Lipinski definition) is 4. The summed E-state index contributed by atoms with van der Waals surface area (Å²) in [6.07, 6.45) is 2.70. The Morgan fingerprint density at radius 1 is 1.19 bits per heavy atom. The third-order valence-electron chi connectivity index (χ3n) is 4.92. The van der Waals surface area contributed by atoms with E-state index < -0.39 is 0 Å². The van der Waals surface area contributed by atoms with Gasteiger partial charge in [0.05, 0.1) is 14.2 Å². The number of hydrogen-bond donors (Lipinski definition) is 0. The molecule has 2 saturated heterocycles. The Kier molecular flexibility index (Phi) is 4.36. The molecule has 116 valence electrons. The van der Waals surface area contributed by atoms with Gasteiger partial charge in [0, 0.05) is 37.3 Å². The number of rotatable bonds is 4. The fourth-order valence-electron chi connectivity index (χ4n) is 3.77. The highest BCUT2D eigenvalue weighted by Crippen LogP contribution is 2.33. The standard InChI is InChI=1S/C17H26N2O2/c1-13-10-18-9-5-7-15(18)12-19(13)11-14-6-4-8-16(20-2)17(14)21-3/h4,6,8,13,15H,5,7,9-12H2,1-3H3/t13-,15?/m0/s1. The molecule has 0 amide bonds. The highest BCUT2D eigenvalue weighted by Gasteiger charge is 2.34. The van der Waals surface area contributed by atoms with Crippen molar-refractivity contribution in [1.29, 1.82) is 0 Å². The molecule has 4 heteroatoms. The van der Waals surface area contributed by atoms with Crippen molar-refractivity contribution in [2.24, 2.45) is 0 Å². The average molecular weight is 290 g/mol. The maximum absolute atomic E-state index is 5.57. The van der Waals surface area contributed by atoms with Gasteiger partial charge in [0.1, 0.15) is 0 Å². The summed E-state index contributed by atoms with van der Waals surface area (Å²) in [5.74, 6) is 1.70. The van der Waals surface area contributed by atoms with Crippen molar-refractivity contribution in [3.63, 3.8) is 0 Å². The number of ether oxygens (including phenoxy) is 2. The van der Waals surface area contributed by atoms with Gasteiger partial charge in [0.25, 0.3) is 0 Å². The van der Waals surface area contributed by atoms with Gasteiger partial charge < -0.3 is 9.47 Å². The van der Waals surface area contributed by atoms with E-state index in [0.29, 0.717) is 6.04 Å². The summed E-state index contributed by atoms with van der Waals surface area (Å²) >= 11 is 0. The molecule has 2 fully saturated rings. The van der Waals surface area contributed by atoms with Crippen LogP contribution in [-0.2, 0) is 6.54 Å². The molecule has 0 aliphatic carbocycles. The minimum Gasteiger partial charge on any atom is -0.493 e. The van der Waals surface area contributed by atoms with Gasteiger partial charge in [0.15, 0.2) is 11.5 Å². The van der Waals surface area contributed by atoms with E-state index in [0.717, 1.165) is 24.1 Å². The maximum atomic E-state index is 5.57. The van der Waals surface area contributed by atoms with Crippen molar-refractivity contribution in [3.8, 4) is 11.5 Å². The second kappa shape index (κ2) is 6.24. The summed E-state index contributed by atoms with van der Waals surface area (Å²) in [6.45, 7) is 6.91. The molecule has 2 atom stereocenters. The van der Waals surface area contributed by atoms with Crippen LogP contribution in [0.15, 0.2) is 18.2 Å². The first-order chi connectivity index (χ1) is 10.2. The van der Waals surface area contributed by atoms with Crippen LogP contribution in [0.4, 0.5) is 0 Å². The fraction of sp³-hybridized carbons (Fsp3) is 0.647. The molecule has 21 heavy (non-hydrogen) atoms. The number of benzene rings is 1. The second-order valence-corrected chi connectivity index (χ2v) is 6.22. The van der Waals surface area contributed by atoms with E-state index in [-0.39, 0.29) is 0 Å². The van der Waals surface area contributed by atoms with Crippen LogP contribution < -0.4 is 9.47 Å². The fourth-order valence-corrected chi connectivity index (χ4v) is 3.77. The Morgan fingerprint density at radius 2 is 2.05 bits per heavy atom. The molecule has 0 spiro atoms. The van der Waals surface area contributed by atoms with Gasteiger partial charge in [-0.2, -0.15) is 0 Å². The monoisotopic (exact) mass is 290 g/mol. The van der Waals surface area contributed by atoms with Gasteiger partial charge in [-0.25, -0.2) is 0 Å². The Bertz CT molecular complexity index is 492. The van der Waals surface area contributed by atoms with Gasteiger partial charge in [-0.1, -0.05) is 12.1 Å². The quantitative estimate of drug-likeness (QED) is 0.850. The van der Waals surface area contributed by atoms with E-state index in [2.05, 4.69) is 22.8 Å². The first kappa shape index (κ1) is 14.7. The smallest absolute Gasteiger partial charge is 0.165 e. The molecule has 0 N–H and O–H groups in total. The van der Waals surface area contributed by atoms with E-state index in [4.69, 9.17) is 9.47 Å². The summed E-state index contributed by atoms with van der Waals surface area (Å²) in [7, 11) is 3.42. The molecule has 0 aromatic heterocycles. The molecule has 0 saturated carbocycles. The maximum Gasteiger partial charge on any atom is 0.165 e. The highest BCUT2D eigenvalue weighted by molar-refractivity contribution is 5.46. The lowest BCUT2D eigenvalue weighted by Gasteiger charge is -2.42. The van der Waals surface area contributed by atoms with Crippen molar-refractivity contribution in [1.82, 2.24) is 9.80 Å². The minimum atomic E-state index is 0.593. The first-order valence-electron chi connectivity index (χ1n) is 7.91. The van der Waals surface area contributed by atoms with Crippen LogP contribution >= 0.6 is 0 Å². The number of nitrogens with zero attached hydrogens (tertiary/aromatic N) is 2. The van der Waals surface area contributed by atoms with Crippen molar-refractivity contribution < 1.29 is 9.47 Å². The van der Waals surface area contributed by atoms with Crippen LogP contribution in [0, 0.1) is 0 Å². The van der Waals surface area contributed by atoms with Gasteiger partial charge in [-0.05, 0) is 32.4 Å². The second-order valence-electron chi connectivity index (χ2n) is 6.22.